The van der Waals surface area contributed by atoms with Crippen LogP contribution in [0.25, 0.3) is 11.0 Å². The van der Waals surface area contributed by atoms with Gasteiger partial charge in [0.1, 0.15) is 17.9 Å². The third-order valence-electron chi connectivity index (χ3n) is 3.83. The van der Waals surface area contributed by atoms with Gasteiger partial charge < -0.3 is 20.0 Å². The zero-order chi connectivity index (χ0) is 18.2. The van der Waals surface area contributed by atoms with Crippen LogP contribution in [-0.4, -0.2) is 56.0 Å². The second-order valence-corrected chi connectivity index (χ2v) is 6.86. The monoisotopic (exact) mass is 362 g/mol. The van der Waals surface area contributed by atoms with Crippen LogP contribution in [0.3, 0.4) is 0 Å². The highest BCUT2D eigenvalue weighted by Gasteiger charge is 2.11. The number of likely N-dealkylation sites (N-methyl/N-ethyl adjacent to an activating group) is 1. The van der Waals surface area contributed by atoms with E-state index in [9.17, 15) is 4.79 Å². The van der Waals surface area contributed by atoms with E-state index in [1.807, 2.05) is 18.2 Å². The highest BCUT2D eigenvalue weighted by atomic mass is 32.2. The van der Waals surface area contributed by atoms with E-state index in [2.05, 4.69) is 34.9 Å². The molecule has 0 atom stereocenters. The molecule has 6 nitrogen and oxygen atoms in total. The van der Waals surface area contributed by atoms with Crippen LogP contribution in [0.5, 0.6) is 0 Å². The minimum atomic E-state index is -0.0362. The summed E-state index contributed by atoms with van der Waals surface area (Å²) >= 11 is 1.75. The van der Waals surface area contributed by atoms with E-state index in [1.165, 1.54) is 4.90 Å². The van der Waals surface area contributed by atoms with Gasteiger partial charge in [-0.15, -0.1) is 0 Å². The van der Waals surface area contributed by atoms with Gasteiger partial charge in [0.05, 0.1) is 6.54 Å². The Labute approximate surface area is 153 Å². The van der Waals surface area contributed by atoms with Crippen molar-refractivity contribution >= 4 is 34.6 Å². The maximum atomic E-state index is 11.8. The number of hydrogen-bond donors (Lipinski definition) is 2. The van der Waals surface area contributed by atoms with Crippen LogP contribution >= 0.6 is 11.8 Å². The maximum absolute atomic E-state index is 11.8. The molecule has 0 unspecified atom stereocenters. The Morgan fingerprint density at radius 3 is 2.72 bits per heavy atom. The van der Waals surface area contributed by atoms with Crippen LogP contribution in [0.1, 0.15) is 11.3 Å². The number of hydrogen-bond acceptors (Lipinski definition) is 4. The summed E-state index contributed by atoms with van der Waals surface area (Å²) in [5.41, 5.74) is 2.00. The van der Waals surface area contributed by atoms with Gasteiger partial charge in [-0.3, -0.25) is 4.79 Å². The Balaban J connectivity index is 2.05. The molecule has 0 saturated carbocycles. The fourth-order valence-corrected chi connectivity index (χ4v) is 2.60. The summed E-state index contributed by atoms with van der Waals surface area (Å²) in [5.74, 6) is 2.42. The minimum absolute atomic E-state index is 0.0362. The van der Waals surface area contributed by atoms with Crippen molar-refractivity contribution in [1.82, 2.24) is 15.5 Å². The third-order valence-corrected chi connectivity index (χ3v) is 4.44. The molecule has 0 bridgehead atoms. The van der Waals surface area contributed by atoms with Gasteiger partial charge in [0.15, 0.2) is 5.96 Å². The zero-order valence-corrected chi connectivity index (χ0v) is 16.1. The molecule has 0 fully saturated rings. The SMILES string of the molecule is CSCCNC(=NCC(=O)N(C)C)NCc1oc2ccccc2c1C. The smallest absolute Gasteiger partial charge is 0.243 e. The molecule has 1 aromatic carbocycles. The number of aryl methyl sites for hydroxylation is 1. The Morgan fingerprint density at radius 2 is 2.04 bits per heavy atom. The third kappa shape index (κ3) is 5.42. The number of para-hydroxylation sites is 1. The number of amides is 1. The van der Waals surface area contributed by atoms with Gasteiger partial charge in [0, 0.05) is 37.3 Å². The molecule has 2 N–H and O–H groups in total. The second kappa shape index (κ2) is 9.36. The van der Waals surface area contributed by atoms with E-state index in [0.717, 1.165) is 34.6 Å². The molecule has 1 amide bonds. The predicted octanol–water partition coefficient (Wildman–Crippen LogP) is 2.23. The number of aliphatic imine (C=N–C) groups is 1. The number of furan rings is 1. The Morgan fingerprint density at radius 1 is 1.28 bits per heavy atom. The van der Waals surface area contributed by atoms with Crippen LogP contribution in [0.15, 0.2) is 33.7 Å². The quantitative estimate of drug-likeness (QED) is 0.449. The molecule has 0 spiro atoms. The van der Waals surface area contributed by atoms with Crippen molar-refractivity contribution in [3.05, 3.63) is 35.6 Å². The van der Waals surface area contributed by atoms with Gasteiger partial charge in [0.2, 0.25) is 5.91 Å². The molecule has 1 heterocycles. The van der Waals surface area contributed by atoms with Crippen LogP contribution in [0, 0.1) is 6.92 Å². The first kappa shape index (κ1) is 19.2. The van der Waals surface area contributed by atoms with Crippen LogP contribution in [0.2, 0.25) is 0 Å². The van der Waals surface area contributed by atoms with Gasteiger partial charge >= 0.3 is 0 Å². The molecule has 0 aliphatic heterocycles. The fraction of sp³-hybridized carbons (Fsp3) is 0.444. The summed E-state index contributed by atoms with van der Waals surface area (Å²) < 4.78 is 5.91. The van der Waals surface area contributed by atoms with Gasteiger partial charge in [-0.2, -0.15) is 11.8 Å². The van der Waals surface area contributed by atoms with E-state index in [1.54, 1.807) is 25.9 Å². The van der Waals surface area contributed by atoms with Gasteiger partial charge in [0.25, 0.3) is 0 Å². The van der Waals surface area contributed by atoms with Crippen molar-refractivity contribution < 1.29 is 9.21 Å². The number of nitrogens with one attached hydrogen (secondary N) is 2. The predicted molar refractivity (Wildman–Crippen MR) is 105 cm³/mol. The zero-order valence-electron chi connectivity index (χ0n) is 15.3. The molecule has 25 heavy (non-hydrogen) atoms. The lowest BCUT2D eigenvalue weighted by atomic mass is 10.1. The largest absolute Gasteiger partial charge is 0.459 e. The number of nitrogens with zero attached hydrogens (tertiary/aromatic N) is 2. The Kier molecular flexibility index (Phi) is 7.18. The van der Waals surface area contributed by atoms with Crippen molar-refractivity contribution in [1.29, 1.82) is 0 Å². The summed E-state index contributed by atoms with van der Waals surface area (Å²) in [6.07, 6.45) is 2.05. The molecule has 1 aromatic heterocycles. The average molecular weight is 362 g/mol. The maximum Gasteiger partial charge on any atom is 0.243 e. The molecule has 0 aliphatic rings. The highest BCUT2D eigenvalue weighted by molar-refractivity contribution is 7.98. The fourth-order valence-electron chi connectivity index (χ4n) is 2.29. The highest BCUT2D eigenvalue weighted by Crippen LogP contribution is 2.24. The van der Waals surface area contributed by atoms with Crippen molar-refractivity contribution in [2.24, 2.45) is 4.99 Å². The Bertz CT molecular complexity index is 740. The molecule has 136 valence electrons. The molecular formula is C18H26N4O2S. The number of thioether (sulfide) groups is 1. The average Bonchev–Trinajstić information content (AvgIpc) is 2.93. The van der Waals surface area contributed by atoms with Gasteiger partial charge in [-0.25, -0.2) is 4.99 Å². The van der Waals surface area contributed by atoms with Crippen LogP contribution in [0.4, 0.5) is 0 Å². The lowest BCUT2D eigenvalue weighted by molar-refractivity contribution is -0.127. The van der Waals surface area contributed by atoms with Crippen molar-refractivity contribution in [3.8, 4) is 0 Å². The van der Waals surface area contributed by atoms with Crippen LogP contribution in [-0.2, 0) is 11.3 Å². The number of guanidine groups is 1. The lowest BCUT2D eigenvalue weighted by Crippen LogP contribution is -2.39. The summed E-state index contributed by atoms with van der Waals surface area (Å²) in [7, 11) is 3.45. The van der Waals surface area contributed by atoms with E-state index in [4.69, 9.17) is 4.42 Å². The number of rotatable bonds is 7. The summed E-state index contributed by atoms with van der Waals surface area (Å²) in [4.78, 5) is 17.7. The number of fused-ring (bicyclic) bond motifs is 1. The molecule has 0 aliphatic carbocycles. The standard InChI is InChI=1S/C18H26N4O2S/c1-13-14-7-5-6-8-15(14)24-16(13)11-20-18(19-9-10-25-4)21-12-17(23)22(2)3/h5-8H,9-12H2,1-4H3,(H2,19,20,21). The second-order valence-electron chi connectivity index (χ2n) is 5.87. The first-order chi connectivity index (χ1) is 12.0. The summed E-state index contributed by atoms with van der Waals surface area (Å²) in [6.45, 7) is 3.46. The first-order valence-corrected chi connectivity index (χ1v) is 9.60. The summed E-state index contributed by atoms with van der Waals surface area (Å²) in [5, 5.41) is 7.62. The molecular weight excluding hydrogens is 336 g/mol. The molecule has 2 aromatic rings. The molecule has 0 radical (unpaired) electrons. The minimum Gasteiger partial charge on any atom is -0.459 e. The van der Waals surface area contributed by atoms with Gasteiger partial charge in [-0.1, -0.05) is 18.2 Å². The van der Waals surface area contributed by atoms with E-state index in [0.29, 0.717) is 12.5 Å². The Hall–Kier alpha value is -2.15. The molecule has 7 heteroatoms. The van der Waals surface area contributed by atoms with Crippen molar-refractivity contribution in [2.75, 3.05) is 39.2 Å². The first-order valence-electron chi connectivity index (χ1n) is 8.21. The number of carbonyl (C=O) groups excluding carboxylic acids is 1. The van der Waals surface area contributed by atoms with Gasteiger partial charge in [-0.05, 0) is 19.2 Å². The normalized spacial score (nSPS) is 11.6. The van der Waals surface area contributed by atoms with Crippen LogP contribution < -0.4 is 10.6 Å². The van der Waals surface area contributed by atoms with Crippen molar-refractivity contribution in [3.63, 3.8) is 0 Å². The summed E-state index contributed by atoms with van der Waals surface area (Å²) in [6, 6.07) is 7.99. The number of benzene rings is 1. The van der Waals surface area contributed by atoms with E-state index >= 15 is 0 Å². The number of carbonyl (C=O) groups is 1. The topological polar surface area (TPSA) is 69.9 Å². The van der Waals surface area contributed by atoms with E-state index in [-0.39, 0.29) is 12.5 Å². The van der Waals surface area contributed by atoms with Crippen molar-refractivity contribution in [2.45, 2.75) is 13.5 Å². The molecule has 0 saturated heterocycles. The molecule has 2 rings (SSSR count). The lowest BCUT2D eigenvalue weighted by Gasteiger charge is -2.13. The van der Waals surface area contributed by atoms with E-state index < -0.39 is 0 Å².